The number of rotatable bonds is 9. The number of ketones is 1. The van der Waals surface area contributed by atoms with Crippen LogP contribution in [0, 0.1) is 0 Å². The van der Waals surface area contributed by atoms with E-state index in [2.05, 4.69) is 5.32 Å². The number of hydrogen-bond donors (Lipinski definition) is 1. The lowest BCUT2D eigenvalue weighted by Crippen LogP contribution is -2.37. The molecule has 0 aliphatic heterocycles. The van der Waals surface area contributed by atoms with Crippen molar-refractivity contribution in [1.82, 2.24) is 4.90 Å². The van der Waals surface area contributed by atoms with Crippen LogP contribution in [0.15, 0.2) is 72.8 Å². The maximum absolute atomic E-state index is 12.5. The Hall–Kier alpha value is -3.84. The summed E-state index contributed by atoms with van der Waals surface area (Å²) >= 11 is 5.96. The average Bonchev–Trinajstić information content (AvgIpc) is 2.83. The molecule has 0 atom stereocenters. The van der Waals surface area contributed by atoms with E-state index in [-0.39, 0.29) is 24.8 Å². The highest BCUT2D eigenvalue weighted by Crippen LogP contribution is 2.27. The van der Waals surface area contributed by atoms with Crippen molar-refractivity contribution in [3.63, 3.8) is 0 Å². The van der Waals surface area contributed by atoms with Crippen LogP contribution in [0.1, 0.15) is 15.9 Å². The third-order valence-corrected chi connectivity index (χ3v) is 4.99. The van der Waals surface area contributed by atoms with Crippen molar-refractivity contribution in [2.24, 2.45) is 0 Å². The Labute approximate surface area is 196 Å². The highest BCUT2D eigenvalue weighted by molar-refractivity contribution is 6.31. The van der Waals surface area contributed by atoms with Crippen molar-refractivity contribution in [3.8, 4) is 11.5 Å². The van der Waals surface area contributed by atoms with E-state index in [1.54, 1.807) is 66.7 Å². The molecule has 0 aliphatic carbocycles. The normalized spacial score (nSPS) is 10.3. The summed E-state index contributed by atoms with van der Waals surface area (Å²) < 4.78 is 10.7. The highest BCUT2D eigenvalue weighted by atomic mass is 35.5. The van der Waals surface area contributed by atoms with Gasteiger partial charge in [0.05, 0.1) is 19.3 Å². The lowest BCUT2D eigenvalue weighted by atomic mass is 10.0. The minimum Gasteiger partial charge on any atom is -0.495 e. The van der Waals surface area contributed by atoms with Gasteiger partial charge < -0.3 is 19.7 Å². The number of benzene rings is 3. The zero-order valence-electron chi connectivity index (χ0n) is 18.2. The summed E-state index contributed by atoms with van der Waals surface area (Å²) in [5.74, 6) is 0.0110. The molecular weight excluding hydrogens is 444 g/mol. The molecule has 0 spiro atoms. The number of methoxy groups -OCH3 is 1. The summed E-state index contributed by atoms with van der Waals surface area (Å²) in [5, 5.41) is 3.12. The largest absolute Gasteiger partial charge is 0.495 e. The molecule has 170 valence electrons. The number of likely N-dealkylation sites (N-methyl/N-ethyl adjacent to an activating group) is 1. The van der Waals surface area contributed by atoms with Crippen molar-refractivity contribution in [1.29, 1.82) is 0 Å². The first-order valence-corrected chi connectivity index (χ1v) is 10.4. The van der Waals surface area contributed by atoms with Gasteiger partial charge in [0.2, 0.25) is 5.91 Å². The first kappa shape index (κ1) is 23.8. The smallest absolute Gasteiger partial charge is 0.260 e. The Morgan fingerprint density at radius 3 is 2.27 bits per heavy atom. The van der Waals surface area contributed by atoms with E-state index >= 15 is 0 Å². The Bertz CT molecular complexity index is 1130. The van der Waals surface area contributed by atoms with Gasteiger partial charge in [0.15, 0.2) is 12.4 Å². The van der Waals surface area contributed by atoms with E-state index < -0.39 is 5.91 Å². The van der Waals surface area contributed by atoms with Crippen molar-refractivity contribution >= 4 is 34.9 Å². The van der Waals surface area contributed by atoms with Gasteiger partial charge in [0, 0.05) is 23.2 Å². The van der Waals surface area contributed by atoms with E-state index in [1.165, 1.54) is 19.1 Å². The molecule has 0 bridgehead atoms. The van der Waals surface area contributed by atoms with Gasteiger partial charge in [-0.15, -0.1) is 0 Å². The molecule has 3 aromatic rings. The first-order valence-electron chi connectivity index (χ1n) is 10.1. The maximum atomic E-state index is 12.5. The maximum Gasteiger partial charge on any atom is 0.260 e. The molecule has 7 nitrogen and oxygen atoms in total. The van der Waals surface area contributed by atoms with Crippen LogP contribution in [-0.4, -0.2) is 49.8 Å². The first-order chi connectivity index (χ1) is 15.9. The summed E-state index contributed by atoms with van der Waals surface area (Å²) in [6.45, 7) is -0.432. The van der Waals surface area contributed by atoms with Gasteiger partial charge in [-0.1, -0.05) is 41.9 Å². The quantitative estimate of drug-likeness (QED) is 0.481. The molecule has 2 amide bonds. The molecule has 8 heteroatoms. The van der Waals surface area contributed by atoms with E-state index in [0.29, 0.717) is 33.3 Å². The van der Waals surface area contributed by atoms with Crippen LogP contribution in [0.4, 0.5) is 5.69 Å². The fourth-order valence-electron chi connectivity index (χ4n) is 2.99. The van der Waals surface area contributed by atoms with Crippen LogP contribution in [0.5, 0.6) is 11.5 Å². The van der Waals surface area contributed by atoms with Gasteiger partial charge in [-0.3, -0.25) is 14.4 Å². The number of nitrogens with zero attached hydrogens (tertiary/aromatic N) is 1. The average molecular weight is 467 g/mol. The minimum atomic E-state index is -0.407. The number of ether oxygens (including phenoxy) is 2. The third kappa shape index (κ3) is 6.57. The summed E-state index contributed by atoms with van der Waals surface area (Å²) in [6, 6.07) is 20.3. The van der Waals surface area contributed by atoms with Crippen LogP contribution in [0.3, 0.4) is 0 Å². The molecule has 0 fully saturated rings. The summed E-state index contributed by atoms with van der Waals surface area (Å²) in [6.07, 6.45) is 0. The SMILES string of the molecule is COc1ccc(Cl)cc1NC(=O)CN(C)C(=O)COc1ccc(C(=O)c2ccccc2)cc1. The van der Waals surface area contributed by atoms with Gasteiger partial charge >= 0.3 is 0 Å². The van der Waals surface area contributed by atoms with Gasteiger partial charge in [0.1, 0.15) is 11.5 Å². The molecule has 3 rings (SSSR count). The van der Waals surface area contributed by atoms with Crippen molar-refractivity contribution in [3.05, 3.63) is 88.9 Å². The second-order valence-electron chi connectivity index (χ2n) is 7.15. The number of anilines is 1. The highest BCUT2D eigenvalue weighted by Gasteiger charge is 2.16. The zero-order valence-corrected chi connectivity index (χ0v) is 19.0. The van der Waals surface area contributed by atoms with Crippen molar-refractivity contribution < 1.29 is 23.9 Å². The number of carbonyl (C=O) groups excluding carboxylic acids is 3. The number of halogens is 1. The molecule has 33 heavy (non-hydrogen) atoms. The van der Waals surface area contributed by atoms with Gasteiger partial charge in [0.25, 0.3) is 5.91 Å². The molecule has 0 unspecified atom stereocenters. The molecule has 0 aliphatic rings. The lowest BCUT2D eigenvalue weighted by molar-refractivity contribution is -0.135. The Morgan fingerprint density at radius 1 is 0.939 bits per heavy atom. The Balaban J connectivity index is 1.50. The van der Waals surface area contributed by atoms with Crippen LogP contribution in [0.25, 0.3) is 0 Å². The molecule has 0 radical (unpaired) electrons. The van der Waals surface area contributed by atoms with Crippen LogP contribution in [-0.2, 0) is 9.59 Å². The molecule has 0 aromatic heterocycles. The molecule has 0 saturated heterocycles. The van der Waals surface area contributed by atoms with E-state index in [1.807, 2.05) is 6.07 Å². The van der Waals surface area contributed by atoms with E-state index in [0.717, 1.165) is 0 Å². The summed E-state index contributed by atoms with van der Waals surface area (Å²) in [5.41, 5.74) is 1.53. The number of hydrogen-bond acceptors (Lipinski definition) is 5. The van der Waals surface area contributed by atoms with E-state index in [9.17, 15) is 14.4 Å². The molecule has 3 aromatic carbocycles. The summed E-state index contributed by atoms with van der Waals surface area (Å²) in [7, 11) is 2.98. The molecule has 0 saturated carbocycles. The number of amides is 2. The predicted octanol–water partition coefficient (Wildman–Crippen LogP) is 4.06. The van der Waals surface area contributed by atoms with Gasteiger partial charge in [-0.25, -0.2) is 0 Å². The van der Waals surface area contributed by atoms with Crippen LogP contribution in [0.2, 0.25) is 5.02 Å². The van der Waals surface area contributed by atoms with E-state index in [4.69, 9.17) is 21.1 Å². The molecule has 1 N–H and O–H groups in total. The Kier molecular flexibility index (Phi) is 8.05. The number of nitrogens with one attached hydrogen (secondary N) is 1. The lowest BCUT2D eigenvalue weighted by Gasteiger charge is -2.18. The van der Waals surface area contributed by atoms with Gasteiger partial charge in [-0.05, 0) is 42.5 Å². The second-order valence-corrected chi connectivity index (χ2v) is 7.59. The number of carbonyl (C=O) groups is 3. The zero-order chi connectivity index (χ0) is 23.8. The fourth-order valence-corrected chi connectivity index (χ4v) is 3.16. The predicted molar refractivity (Wildman–Crippen MR) is 126 cm³/mol. The molecular formula is C25H23ClN2O5. The van der Waals surface area contributed by atoms with Gasteiger partial charge in [-0.2, -0.15) is 0 Å². The molecule has 0 heterocycles. The monoisotopic (exact) mass is 466 g/mol. The second kappa shape index (κ2) is 11.2. The van der Waals surface area contributed by atoms with Crippen LogP contribution >= 0.6 is 11.6 Å². The van der Waals surface area contributed by atoms with Crippen molar-refractivity contribution in [2.45, 2.75) is 0 Å². The fraction of sp³-hybridized carbons (Fsp3) is 0.160. The minimum absolute atomic E-state index is 0.0969. The van der Waals surface area contributed by atoms with Crippen molar-refractivity contribution in [2.75, 3.05) is 32.6 Å². The summed E-state index contributed by atoms with van der Waals surface area (Å²) in [4.78, 5) is 38.4. The Morgan fingerprint density at radius 2 is 1.61 bits per heavy atom. The topological polar surface area (TPSA) is 84.9 Å². The van der Waals surface area contributed by atoms with Crippen LogP contribution < -0.4 is 14.8 Å². The standard InChI is InChI=1S/C25H23ClN2O5/c1-28(15-23(29)27-21-14-19(26)10-13-22(21)32-2)24(30)16-33-20-11-8-18(9-12-20)25(31)17-6-4-3-5-7-17/h3-14H,15-16H2,1-2H3,(H,27,29). The third-order valence-electron chi connectivity index (χ3n) is 4.76.